The van der Waals surface area contributed by atoms with E-state index in [1.807, 2.05) is 0 Å². The van der Waals surface area contributed by atoms with Gasteiger partial charge in [0.05, 0.1) is 12.5 Å². The van der Waals surface area contributed by atoms with Crippen molar-refractivity contribution in [1.82, 2.24) is 0 Å². The first-order chi connectivity index (χ1) is 10.4. The molecule has 1 radical (unpaired) electrons. The minimum absolute atomic E-state index is 0.981. The zero-order valence-electron chi connectivity index (χ0n) is 14.5. The van der Waals surface area contributed by atoms with Gasteiger partial charge in [-0.3, -0.25) is 0 Å². The maximum absolute atomic E-state index is 8.39. The van der Waals surface area contributed by atoms with E-state index in [1.54, 1.807) is 6.42 Å². The molecular formula is C20H38N. The van der Waals surface area contributed by atoms with Gasteiger partial charge in [0.25, 0.3) is 0 Å². The normalized spacial score (nSPS) is 10.7. The molecular weight excluding hydrogens is 254 g/mol. The Balaban J connectivity index is 2.92. The summed E-state index contributed by atoms with van der Waals surface area (Å²) in [6.07, 6.45) is 25.2. The van der Waals surface area contributed by atoms with Crippen LogP contribution in [0.25, 0.3) is 0 Å². The molecule has 123 valence electrons. The van der Waals surface area contributed by atoms with Crippen LogP contribution in [0, 0.1) is 17.8 Å². The molecule has 0 amide bonds. The molecule has 0 saturated carbocycles. The summed E-state index contributed by atoms with van der Waals surface area (Å²) in [4.78, 5) is 0. The van der Waals surface area contributed by atoms with E-state index in [1.165, 1.54) is 103 Å². The van der Waals surface area contributed by atoms with E-state index in [4.69, 9.17) is 5.26 Å². The molecule has 0 saturated heterocycles. The summed E-state index contributed by atoms with van der Waals surface area (Å²) < 4.78 is 0. The van der Waals surface area contributed by atoms with Crippen molar-refractivity contribution >= 4 is 0 Å². The molecule has 0 aliphatic carbocycles. The number of nitriles is 1. The number of nitrogens with zero attached hydrogens (tertiary/aromatic N) is 1. The van der Waals surface area contributed by atoms with Gasteiger partial charge in [0.1, 0.15) is 0 Å². The van der Waals surface area contributed by atoms with Crippen molar-refractivity contribution in [3.8, 4) is 6.07 Å². The van der Waals surface area contributed by atoms with E-state index in [9.17, 15) is 0 Å². The van der Waals surface area contributed by atoms with Gasteiger partial charge in [-0.1, -0.05) is 110 Å². The molecule has 0 heterocycles. The Kier molecular flexibility index (Phi) is 19.0. The van der Waals surface area contributed by atoms with Crippen LogP contribution >= 0.6 is 0 Å². The maximum atomic E-state index is 8.39. The van der Waals surface area contributed by atoms with Gasteiger partial charge >= 0.3 is 0 Å². The molecule has 0 spiro atoms. The highest BCUT2D eigenvalue weighted by molar-refractivity contribution is 4.90. The van der Waals surface area contributed by atoms with E-state index in [0.29, 0.717) is 0 Å². The molecule has 0 unspecified atom stereocenters. The van der Waals surface area contributed by atoms with Gasteiger partial charge in [-0.25, -0.2) is 0 Å². The predicted molar refractivity (Wildman–Crippen MR) is 94.1 cm³/mol. The van der Waals surface area contributed by atoms with E-state index in [-0.39, 0.29) is 0 Å². The van der Waals surface area contributed by atoms with Crippen LogP contribution in [-0.2, 0) is 0 Å². The first-order valence-electron chi connectivity index (χ1n) is 9.63. The fraction of sp³-hybridized carbons (Fsp3) is 0.900. The van der Waals surface area contributed by atoms with Gasteiger partial charge in [-0.05, 0) is 6.42 Å². The second kappa shape index (κ2) is 19.5. The Labute approximate surface area is 134 Å². The minimum atomic E-state index is 0.981. The van der Waals surface area contributed by atoms with E-state index < -0.39 is 0 Å². The molecule has 0 aromatic heterocycles. The first kappa shape index (κ1) is 20.5. The summed E-state index contributed by atoms with van der Waals surface area (Å²) in [5, 5.41) is 8.39. The molecule has 21 heavy (non-hydrogen) atoms. The molecule has 0 fully saturated rings. The lowest BCUT2D eigenvalue weighted by Crippen LogP contribution is -1.83. The third kappa shape index (κ3) is 19.5. The average Bonchev–Trinajstić information content (AvgIpc) is 2.50. The minimum Gasteiger partial charge on any atom is -0.198 e. The lowest BCUT2D eigenvalue weighted by molar-refractivity contribution is 0.529. The quantitative estimate of drug-likeness (QED) is 0.257. The van der Waals surface area contributed by atoms with Crippen molar-refractivity contribution in [2.45, 2.75) is 116 Å². The Morgan fingerprint density at radius 1 is 0.571 bits per heavy atom. The second-order valence-electron chi connectivity index (χ2n) is 6.43. The van der Waals surface area contributed by atoms with Crippen LogP contribution in [0.4, 0.5) is 0 Å². The maximum Gasteiger partial charge on any atom is 0.0669 e. The Bertz CT molecular complexity index is 216. The fourth-order valence-electron chi connectivity index (χ4n) is 2.86. The van der Waals surface area contributed by atoms with Crippen LogP contribution in [0.5, 0.6) is 0 Å². The van der Waals surface area contributed by atoms with E-state index >= 15 is 0 Å². The predicted octanol–water partition coefficient (Wildman–Crippen LogP) is 7.37. The molecule has 0 atom stereocenters. The van der Waals surface area contributed by atoms with E-state index in [2.05, 4.69) is 13.0 Å². The lowest BCUT2D eigenvalue weighted by Gasteiger charge is -2.03. The summed E-state index contributed by atoms with van der Waals surface area (Å²) in [6, 6.07) is 2.09. The summed E-state index contributed by atoms with van der Waals surface area (Å²) >= 11 is 0. The third-order valence-corrected chi connectivity index (χ3v) is 4.29. The number of hydrogen-bond donors (Lipinski definition) is 0. The molecule has 0 aliphatic heterocycles. The molecule has 0 N–H and O–H groups in total. The molecule has 0 bridgehead atoms. The Morgan fingerprint density at radius 3 is 1.24 bits per heavy atom. The summed E-state index contributed by atoms with van der Waals surface area (Å²) in [5.41, 5.74) is 0. The molecule has 1 heteroatoms. The summed E-state index contributed by atoms with van der Waals surface area (Å²) in [6.45, 7) is 2.29. The van der Waals surface area contributed by atoms with E-state index in [0.717, 1.165) is 6.42 Å². The van der Waals surface area contributed by atoms with Gasteiger partial charge < -0.3 is 0 Å². The highest BCUT2D eigenvalue weighted by atomic mass is 14.2. The summed E-state index contributed by atoms with van der Waals surface area (Å²) in [7, 11) is 0. The van der Waals surface area contributed by atoms with Crippen LogP contribution in [0.15, 0.2) is 0 Å². The van der Waals surface area contributed by atoms with Gasteiger partial charge in [0.15, 0.2) is 0 Å². The summed E-state index contributed by atoms with van der Waals surface area (Å²) in [5.74, 6) is 0. The lowest BCUT2D eigenvalue weighted by atomic mass is 10.0. The van der Waals surface area contributed by atoms with Crippen LogP contribution in [0.1, 0.15) is 116 Å². The zero-order chi connectivity index (χ0) is 15.4. The highest BCUT2D eigenvalue weighted by Crippen LogP contribution is 2.14. The fourth-order valence-corrected chi connectivity index (χ4v) is 2.86. The zero-order valence-corrected chi connectivity index (χ0v) is 14.5. The van der Waals surface area contributed by atoms with Crippen molar-refractivity contribution in [2.75, 3.05) is 0 Å². The van der Waals surface area contributed by atoms with Gasteiger partial charge in [0, 0.05) is 0 Å². The van der Waals surface area contributed by atoms with Crippen LogP contribution in [0.2, 0.25) is 0 Å². The standard InChI is InChI=1S/C20H38N/c1-2-3-4-5-6-7-8-9-10-11-12-13-14-15-16-17-18-19-20-21/h19H,2-18H2,1H3. The average molecular weight is 293 g/mol. The van der Waals surface area contributed by atoms with Crippen LogP contribution < -0.4 is 0 Å². The van der Waals surface area contributed by atoms with Gasteiger partial charge in [-0.15, -0.1) is 0 Å². The Morgan fingerprint density at radius 2 is 0.905 bits per heavy atom. The largest absolute Gasteiger partial charge is 0.198 e. The molecule has 0 aromatic carbocycles. The molecule has 0 aliphatic rings. The molecule has 1 nitrogen and oxygen atoms in total. The van der Waals surface area contributed by atoms with Gasteiger partial charge in [-0.2, -0.15) is 5.26 Å². The number of rotatable bonds is 17. The smallest absolute Gasteiger partial charge is 0.0669 e. The van der Waals surface area contributed by atoms with Crippen LogP contribution in [0.3, 0.4) is 0 Å². The van der Waals surface area contributed by atoms with Crippen molar-refractivity contribution in [1.29, 1.82) is 5.26 Å². The molecule has 0 rings (SSSR count). The SMILES string of the molecule is CCCCCCCCCCCCCCCCCC[CH]C#N. The number of unbranched alkanes of at least 4 members (excludes halogenated alkanes) is 17. The highest BCUT2D eigenvalue weighted by Gasteiger charge is 1.94. The topological polar surface area (TPSA) is 23.8 Å². The van der Waals surface area contributed by atoms with Crippen molar-refractivity contribution in [3.63, 3.8) is 0 Å². The van der Waals surface area contributed by atoms with Crippen molar-refractivity contribution in [3.05, 3.63) is 6.42 Å². The van der Waals surface area contributed by atoms with Gasteiger partial charge in [0.2, 0.25) is 0 Å². The van der Waals surface area contributed by atoms with Crippen molar-refractivity contribution in [2.24, 2.45) is 0 Å². The first-order valence-corrected chi connectivity index (χ1v) is 9.63. The van der Waals surface area contributed by atoms with Crippen LogP contribution in [-0.4, -0.2) is 0 Å². The second-order valence-corrected chi connectivity index (χ2v) is 6.43. The monoisotopic (exact) mass is 292 g/mol. The third-order valence-electron chi connectivity index (χ3n) is 4.29. The number of hydrogen-bond acceptors (Lipinski definition) is 1. The molecule has 0 aromatic rings. The Hall–Kier alpha value is -0.510. The van der Waals surface area contributed by atoms with Crippen molar-refractivity contribution < 1.29 is 0 Å².